The van der Waals surface area contributed by atoms with E-state index in [-0.39, 0.29) is 5.91 Å². The van der Waals surface area contributed by atoms with Crippen LogP contribution in [-0.4, -0.2) is 18.2 Å². The van der Waals surface area contributed by atoms with E-state index in [1.807, 2.05) is 42.0 Å². The van der Waals surface area contributed by atoms with E-state index in [2.05, 4.69) is 26.1 Å². The van der Waals surface area contributed by atoms with E-state index in [1.165, 1.54) is 6.42 Å². The lowest BCUT2D eigenvalue weighted by Crippen LogP contribution is -2.23. The zero-order valence-corrected chi connectivity index (χ0v) is 13.8. The molecule has 1 aromatic carbocycles. The number of rotatable bonds is 7. The van der Waals surface area contributed by atoms with Crippen molar-refractivity contribution >= 4 is 27.5 Å². The van der Waals surface area contributed by atoms with Crippen molar-refractivity contribution in [3.8, 4) is 0 Å². The maximum atomic E-state index is 11.9. The number of carbonyl (C=O) groups excluding carboxylic acids is 1. The Hall–Kier alpha value is -0.610. The minimum absolute atomic E-state index is 0.0148. The van der Waals surface area contributed by atoms with Crippen LogP contribution >= 0.6 is 21.6 Å². The summed E-state index contributed by atoms with van der Waals surface area (Å²) < 4.78 is 0. The Bertz CT molecular complexity index is 418. The lowest BCUT2D eigenvalue weighted by Gasteiger charge is -2.21. The van der Waals surface area contributed by atoms with Crippen LogP contribution in [0, 0.1) is 5.41 Å². The smallest absolute Gasteiger partial charge is 0.252 e. The maximum Gasteiger partial charge on any atom is 0.252 e. The highest BCUT2D eigenvalue weighted by Gasteiger charge is 2.16. The number of amides is 1. The SMILES string of the molecule is CCNC(=O)c1ccccc1SSCC(C)(C)CC. The van der Waals surface area contributed by atoms with Crippen LogP contribution in [0.1, 0.15) is 44.5 Å². The van der Waals surface area contributed by atoms with E-state index in [0.29, 0.717) is 12.0 Å². The summed E-state index contributed by atoms with van der Waals surface area (Å²) in [6.07, 6.45) is 1.17. The van der Waals surface area contributed by atoms with Gasteiger partial charge in [0.1, 0.15) is 0 Å². The van der Waals surface area contributed by atoms with Crippen molar-refractivity contribution in [3.05, 3.63) is 29.8 Å². The van der Waals surface area contributed by atoms with Gasteiger partial charge in [0.05, 0.1) is 5.56 Å². The molecular weight excluding hydrogens is 274 g/mol. The molecule has 0 aliphatic heterocycles. The first-order valence-electron chi connectivity index (χ1n) is 6.67. The lowest BCUT2D eigenvalue weighted by molar-refractivity contribution is 0.0953. The maximum absolute atomic E-state index is 11.9. The van der Waals surface area contributed by atoms with Crippen molar-refractivity contribution in [2.45, 2.75) is 39.0 Å². The molecule has 0 spiro atoms. The van der Waals surface area contributed by atoms with Crippen molar-refractivity contribution < 1.29 is 4.79 Å². The zero-order chi connectivity index (χ0) is 14.3. The third-order valence-electron chi connectivity index (χ3n) is 3.02. The number of hydrogen-bond acceptors (Lipinski definition) is 3. The molecule has 0 aliphatic rings. The van der Waals surface area contributed by atoms with Gasteiger partial charge in [-0.1, -0.05) is 60.9 Å². The van der Waals surface area contributed by atoms with E-state index in [0.717, 1.165) is 16.2 Å². The summed E-state index contributed by atoms with van der Waals surface area (Å²) in [6, 6.07) is 7.80. The fourth-order valence-corrected chi connectivity index (χ4v) is 4.38. The third kappa shape index (κ3) is 5.49. The van der Waals surface area contributed by atoms with Gasteiger partial charge in [0.2, 0.25) is 0 Å². The third-order valence-corrected chi connectivity index (χ3v) is 5.82. The number of nitrogens with one attached hydrogen (secondary N) is 1. The second-order valence-electron chi connectivity index (χ2n) is 5.22. The predicted octanol–water partition coefficient (Wildman–Crippen LogP) is 4.61. The second kappa shape index (κ2) is 7.85. The van der Waals surface area contributed by atoms with Gasteiger partial charge in [-0.3, -0.25) is 4.79 Å². The highest BCUT2D eigenvalue weighted by molar-refractivity contribution is 8.76. The summed E-state index contributed by atoms with van der Waals surface area (Å²) in [7, 11) is 3.52. The molecule has 0 saturated carbocycles. The molecule has 0 atom stereocenters. The van der Waals surface area contributed by atoms with Crippen LogP contribution in [0.25, 0.3) is 0 Å². The fourth-order valence-electron chi connectivity index (χ4n) is 1.34. The molecule has 0 unspecified atom stereocenters. The molecule has 1 aromatic rings. The molecule has 1 amide bonds. The van der Waals surface area contributed by atoms with E-state index >= 15 is 0 Å². The minimum Gasteiger partial charge on any atom is -0.352 e. The topological polar surface area (TPSA) is 29.1 Å². The highest BCUT2D eigenvalue weighted by atomic mass is 33.1. The van der Waals surface area contributed by atoms with Gasteiger partial charge in [0, 0.05) is 17.2 Å². The zero-order valence-electron chi connectivity index (χ0n) is 12.2. The molecule has 19 heavy (non-hydrogen) atoms. The Balaban J connectivity index is 2.66. The van der Waals surface area contributed by atoms with Gasteiger partial charge >= 0.3 is 0 Å². The average molecular weight is 297 g/mol. The molecule has 1 rings (SSSR count). The molecule has 0 fully saturated rings. The van der Waals surface area contributed by atoms with Crippen LogP contribution in [-0.2, 0) is 0 Å². The Morgan fingerprint density at radius 2 is 1.95 bits per heavy atom. The Morgan fingerprint density at radius 1 is 1.26 bits per heavy atom. The normalized spacial score (nSPS) is 11.4. The van der Waals surface area contributed by atoms with Crippen LogP contribution in [0.4, 0.5) is 0 Å². The van der Waals surface area contributed by atoms with Crippen LogP contribution in [0.5, 0.6) is 0 Å². The quantitative estimate of drug-likeness (QED) is 0.745. The van der Waals surface area contributed by atoms with Crippen LogP contribution in [0.15, 0.2) is 29.2 Å². The van der Waals surface area contributed by atoms with E-state index in [1.54, 1.807) is 10.8 Å². The first-order chi connectivity index (χ1) is 9.00. The Kier molecular flexibility index (Phi) is 6.80. The first-order valence-corrected chi connectivity index (χ1v) is 8.98. The van der Waals surface area contributed by atoms with Gasteiger partial charge in [-0.15, -0.1) is 0 Å². The Labute approximate surface area is 124 Å². The summed E-state index contributed by atoms with van der Waals surface area (Å²) in [5.74, 6) is 1.10. The molecule has 4 heteroatoms. The predicted molar refractivity (Wildman–Crippen MR) is 86.8 cm³/mol. The van der Waals surface area contributed by atoms with E-state index < -0.39 is 0 Å². The largest absolute Gasteiger partial charge is 0.352 e. The number of benzene rings is 1. The Morgan fingerprint density at radius 3 is 2.58 bits per heavy atom. The van der Waals surface area contributed by atoms with Gasteiger partial charge in [-0.2, -0.15) is 0 Å². The number of hydrogen-bond donors (Lipinski definition) is 1. The van der Waals surface area contributed by atoms with Crippen LogP contribution < -0.4 is 5.32 Å². The summed E-state index contributed by atoms with van der Waals surface area (Å²) in [6.45, 7) is 9.36. The summed E-state index contributed by atoms with van der Waals surface area (Å²) in [5, 5.41) is 2.86. The summed E-state index contributed by atoms with van der Waals surface area (Å²) in [5.41, 5.74) is 1.12. The molecule has 0 saturated heterocycles. The molecule has 0 heterocycles. The van der Waals surface area contributed by atoms with Gasteiger partial charge in [-0.05, 0) is 24.5 Å². The number of carbonyl (C=O) groups is 1. The summed E-state index contributed by atoms with van der Waals surface area (Å²) >= 11 is 0. The van der Waals surface area contributed by atoms with E-state index in [4.69, 9.17) is 0 Å². The van der Waals surface area contributed by atoms with Gasteiger partial charge in [-0.25, -0.2) is 0 Å². The first kappa shape index (κ1) is 16.4. The van der Waals surface area contributed by atoms with Crippen molar-refractivity contribution in [3.63, 3.8) is 0 Å². The standard InChI is InChI=1S/C15H23NOS2/c1-5-15(3,4)11-18-19-13-10-8-7-9-12(13)14(17)16-6-2/h7-10H,5-6,11H2,1-4H3,(H,16,17). The van der Waals surface area contributed by atoms with Crippen molar-refractivity contribution in [2.24, 2.45) is 5.41 Å². The van der Waals surface area contributed by atoms with Crippen molar-refractivity contribution in [2.75, 3.05) is 12.3 Å². The fraction of sp³-hybridized carbons (Fsp3) is 0.533. The van der Waals surface area contributed by atoms with Crippen LogP contribution in [0.2, 0.25) is 0 Å². The molecule has 1 N–H and O–H groups in total. The minimum atomic E-state index is 0.0148. The van der Waals surface area contributed by atoms with Crippen molar-refractivity contribution in [1.82, 2.24) is 5.32 Å². The van der Waals surface area contributed by atoms with Gasteiger partial charge < -0.3 is 5.32 Å². The molecule has 0 radical (unpaired) electrons. The molecule has 0 bridgehead atoms. The lowest BCUT2D eigenvalue weighted by atomic mass is 9.93. The van der Waals surface area contributed by atoms with Gasteiger partial charge in [0.15, 0.2) is 0 Å². The molecule has 2 nitrogen and oxygen atoms in total. The van der Waals surface area contributed by atoms with E-state index in [9.17, 15) is 4.79 Å². The highest BCUT2D eigenvalue weighted by Crippen LogP contribution is 2.38. The monoisotopic (exact) mass is 297 g/mol. The molecule has 0 aliphatic carbocycles. The summed E-state index contributed by atoms with van der Waals surface area (Å²) in [4.78, 5) is 13.0. The van der Waals surface area contributed by atoms with Gasteiger partial charge in [0.25, 0.3) is 5.91 Å². The van der Waals surface area contributed by atoms with Crippen molar-refractivity contribution in [1.29, 1.82) is 0 Å². The molecular formula is C15H23NOS2. The average Bonchev–Trinajstić information content (AvgIpc) is 2.39. The second-order valence-corrected chi connectivity index (χ2v) is 7.56. The molecule has 0 aromatic heterocycles. The van der Waals surface area contributed by atoms with Crippen LogP contribution in [0.3, 0.4) is 0 Å². The molecule has 106 valence electrons.